The summed E-state index contributed by atoms with van der Waals surface area (Å²) >= 11 is 0. The lowest BCUT2D eigenvalue weighted by Crippen LogP contribution is -1.88. The molecule has 0 spiro atoms. The van der Waals surface area contributed by atoms with Crippen molar-refractivity contribution in [1.82, 2.24) is 0 Å². The Morgan fingerprint density at radius 2 is 2.27 bits per heavy atom. The van der Waals surface area contributed by atoms with Crippen molar-refractivity contribution in [2.45, 2.75) is 32.6 Å². The van der Waals surface area contributed by atoms with E-state index in [-0.39, 0.29) is 6.61 Å². The van der Waals surface area contributed by atoms with Gasteiger partial charge in [-0.3, -0.25) is 0 Å². The Morgan fingerprint density at radius 3 is 2.73 bits per heavy atom. The lowest BCUT2D eigenvalue weighted by Gasteiger charge is -1.98. The molecule has 1 N–H and O–H groups in total. The lowest BCUT2D eigenvalue weighted by molar-refractivity contribution is 0.328. The van der Waals surface area contributed by atoms with Crippen LogP contribution in [-0.4, -0.2) is 11.7 Å². The Balaban J connectivity index is 3.61. The zero-order valence-electron chi connectivity index (χ0n) is 7.34. The molecular weight excluding hydrogens is 136 g/mol. The minimum absolute atomic E-state index is 0.176. The molecule has 0 unspecified atom stereocenters. The Kier molecular flexibility index (Phi) is 7.16. The highest BCUT2D eigenvalue weighted by Gasteiger charge is 1.90. The molecule has 0 heterocycles. The van der Waals surface area contributed by atoms with Gasteiger partial charge in [-0.25, -0.2) is 0 Å². The Labute approximate surface area is 69.4 Å². The monoisotopic (exact) mass is 154 g/mol. The summed E-state index contributed by atoms with van der Waals surface area (Å²) < 4.78 is 0. The normalized spacial score (nSPS) is 11.6. The first-order valence-electron chi connectivity index (χ1n) is 4.24. The van der Waals surface area contributed by atoms with Crippen LogP contribution in [0.3, 0.4) is 0 Å². The number of hydrogen-bond donors (Lipinski definition) is 1. The van der Waals surface area contributed by atoms with Gasteiger partial charge >= 0.3 is 0 Å². The van der Waals surface area contributed by atoms with E-state index >= 15 is 0 Å². The molecule has 0 saturated carbocycles. The molecule has 64 valence electrons. The first-order valence-corrected chi connectivity index (χ1v) is 4.24. The number of allylic oxidation sites excluding steroid dienone is 2. The number of aliphatic hydroxyl groups is 1. The van der Waals surface area contributed by atoms with E-state index in [4.69, 9.17) is 5.11 Å². The van der Waals surface area contributed by atoms with Crippen LogP contribution < -0.4 is 0 Å². The molecule has 1 nitrogen and oxygen atoms in total. The van der Waals surface area contributed by atoms with Gasteiger partial charge in [-0.05, 0) is 18.4 Å². The van der Waals surface area contributed by atoms with Crippen LogP contribution in [0.4, 0.5) is 0 Å². The standard InChI is InChI=1S/C10H18O/c1-3-5-6-8-10(9-11)7-4-2/h4,8,11H,2-3,5-7,9H2,1H3/b10-8+. The molecule has 0 atom stereocenters. The van der Waals surface area contributed by atoms with Crippen molar-refractivity contribution in [1.29, 1.82) is 0 Å². The third kappa shape index (κ3) is 5.86. The minimum atomic E-state index is 0.176. The topological polar surface area (TPSA) is 20.2 Å². The average Bonchev–Trinajstić information content (AvgIpc) is 2.03. The van der Waals surface area contributed by atoms with E-state index in [0.717, 1.165) is 18.4 Å². The van der Waals surface area contributed by atoms with Gasteiger partial charge in [0.1, 0.15) is 0 Å². The van der Waals surface area contributed by atoms with Crippen molar-refractivity contribution < 1.29 is 5.11 Å². The van der Waals surface area contributed by atoms with Crippen LogP contribution in [0.15, 0.2) is 24.3 Å². The van der Waals surface area contributed by atoms with Gasteiger partial charge in [0.2, 0.25) is 0 Å². The molecule has 0 aromatic rings. The van der Waals surface area contributed by atoms with Crippen LogP contribution in [0.5, 0.6) is 0 Å². The van der Waals surface area contributed by atoms with E-state index in [2.05, 4.69) is 19.6 Å². The fraction of sp³-hybridized carbons (Fsp3) is 0.600. The summed E-state index contributed by atoms with van der Waals surface area (Å²) in [6.07, 6.45) is 8.27. The molecule has 0 fully saturated rings. The van der Waals surface area contributed by atoms with Gasteiger partial charge in [0, 0.05) is 0 Å². The van der Waals surface area contributed by atoms with Gasteiger partial charge < -0.3 is 5.11 Å². The SMILES string of the molecule is C=CC/C(=C\CCCC)CO. The van der Waals surface area contributed by atoms with Gasteiger partial charge in [0.15, 0.2) is 0 Å². The van der Waals surface area contributed by atoms with Crippen molar-refractivity contribution >= 4 is 0 Å². The van der Waals surface area contributed by atoms with E-state index in [0.29, 0.717) is 0 Å². The third-order valence-electron chi connectivity index (χ3n) is 1.60. The van der Waals surface area contributed by atoms with Crippen molar-refractivity contribution in [3.63, 3.8) is 0 Å². The molecule has 0 aromatic heterocycles. The molecule has 0 aliphatic carbocycles. The zero-order valence-corrected chi connectivity index (χ0v) is 7.34. The van der Waals surface area contributed by atoms with E-state index < -0.39 is 0 Å². The summed E-state index contributed by atoms with van der Waals surface area (Å²) in [6.45, 7) is 5.97. The van der Waals surface area contributed by atoms with Gasteiger partial charge in [-0.1, -0.05) is 31.9 Å². The van der Waals surface area contributed by atoms with Crippen molar-refractivity contribution in [3.05, 3.63) is 24.3 Å². The average molecular weight is 154 g/mol. The highest BCUT2D eigenvalue weighted by molar-refractivity contribution is 5.06. The van der Waals surface area contributed by atoms with Gasteiger partial charge in [-0.15, -0.1) is 6.58 Å². The first-order chi connectivity index (χ1) is 5.35. The number of rotatable bonds is 6. The van der Waals surface area contributed by atoms with E-state index in [1.54, 1.807) is 0 Å². The molecule has 0 radical (unpaired) electrons. The van der Waals surface area contributed by atoms with Crippen molar-refractivity contribution in [2.75, 3.05) is 6.61 Å². The second kappa shape index (κ2) is 7.55. The van der Waals surface area contributed by atoms with Crippen LogP contribution in [0.25, 0.3) is 0 Å². The molecule has 11 heavy (non-hydrogen) atoms. The number of hydrogen-bond acceptors (Lipinski definition) is 1. The maximum Gasteiger partial charge on any atom is 0.0644 e. The molecule has 0 amide bonds. The summed E-state index contributed by atoms with van der Waals surface area (Å²) in [7, 11) is 0. The predicted molar refractivity (Wildman–Crippen MR) is 49.5 cm³/mol. The highest BCUT2D eigenvalue weighted by Crippen LogP contribution is 2.04. The summed E-state index contributed by atoms with van der Waals surface area (Å²) in [5.41, 5.74) is 1.09. The van der Waals surface area contributed by atoms with Crippen LogP contribution in [0.1, 0.15) is 32.6 Å². The molecular formula is C10H18O. The number of unbranched alkanes of at least 4 members (excludes halogenated alkanes) is 2. The fourth-order valence-electron chi connectivity index (χ4n) is 0.908. The minimum Gasteiger partial charge on any atom is -0.392 e. The van der Waals surface area contributed by atoms with Gasteiger partial charge in [-0.2, -0.15) is 0 Å². The van der Waals surface area contributed by atoms with Crippen LogP contribution in [0.2, 0.25) is 0 Å². The largest absolute Gasteiger partial charge is 0.392 e. The molecule has 0 aliphatic rings. The molecule has 1 heteroatoms. The maximum atomic E-state index is 8.84. The Hall–Kier alpha value is -0.560. The smallest absolute Gasteiger partial charge is 0.0644 e. The fourth-order valence-corrected chi connectivity index (χ4v) is 0.908. The van der Waals surface area contributed by atoms with Crippen LogP contribution in [0, 0.1) is 0 Å². The van der Waals surface area contributed by atoms with E-state index in [1.165, 1.54) is 12.8 Å². The predicted octanol–water partition coefficient (Wildman–Crippen LogP) is 2.67. The zero-order chi connectivity index (χ0) is 8.53. The summed E-state index contributed by atoms with van der Waals surface area (Å²) in [5.74, 6) is 0. The maximum absolute atomic E-state index is 8.84. The second-order valence-electron chi connectivity index (χ2n) is 2.66. The van der Waals surface area contributed by atoms with Gasteiger partial charge in [0.05, 0.1) is 6.61 Å². The quantitative estimate of drug-likeness (QED) is 0.460. The summed E-state index contributed by atoms with van der Waals surface area (Å²) in [4.78, 5) is 0. The molecule has 0 bridgehead atoms. The van der Waals surface area contributed by atoms with Crippen LogP contribution in [-0.2, 0) is 0 Å². The first kappa shape index (κ1) is 10.4. The van der Waals surface area contributed by atoms with E-state index in [1.807, 2.05) is 6.08 Å². The molecule has 0 aliphatic heterocycles. The molecule has 0 rings (SSSR count). The Morgan fingerprint density at radius 1 is 1.55 bits per heavy atom. The second-order valence-corrected chi connectivity index (χ2v) is 2.66. The van der Waals surface area contributed by atoms with E-state index in [9.17, 15) is 0 Å². The summed E-state index contributed by atoms with van der Waals surface area (Å²) in [5, 5.41) is 8.84. The molecule has 0 saturated heterocycles. The van der Waals surface area contributed by atoms with Gasteiger partial charge in [0.25, 0.3) is 0 Å². The third-order valence-corrected chi connectivity index (χ3v) is 1.60. The molecule has 0 aromatic carbocycles. The van der Waals surface area contributed by atoms with Crippen molar-refractivity contribution in [3.8, 4) is 0 Å². The van der Waals surface area contributed by atoms with Crippen LogP contribution >= 0.6 is 0 Å². The lowest BCUT2D eigenvalue weighted by atomic mass is 10.1. The highest BCUT2D eigenvalue weighted by atomic mass is 16.3. The summed E-state index contributed by atoms with van der Waals surface area (Å²) in [6, 6.07) is 0. The number of aliphatic hydroxyl groups excluding tert-OH is 1. The van der Waals surface area contributed by atoms with Crippen molar-refractivity contribution in [2.24, 2.45) is 0 Å². The Bertz CT molecular complexity index is 125.